The second kappa shape index (κ2) is 6.19. The van der Waals surface area contributed by atoms with Gasteiger partial charge in [0.2, 0.25) is 5.91 Å². The molecule has 0 radical (unpaired) electrons. The first-order chi connectivity index (χ1) is 10.6. The van der Waals surface area contributed by atoms with Crippen LogP contribution >= 0.6 is 11.8 Å². The van der Waals surface area contributed by atoms with Gasteiger partial charge in [-0.25, -0.2) is 9.37 Å². The molecule has 1 heterocycles. The molecule has 0 aliphatic carbocycles. The second-order valence-electron chi connectivity index (χ2n) is 4.70. The van der Waals surface area contributed by atoms with Crippen molar-refractivity contribution in [2.24, 2.45) is 0 Å². The number of carbonyl (C=O) groups excluding carboxylic acids is 1. The van der Waals surface area contributed by atoms with E-state index in [2.05, 4.69) is 10.3 Å². The zero-order valence-electron chi connectivity index (χ0n) is 11.7. The molecule has 4 nitrogen and oxygen atoms in total. The summed E-state index contributed by atoms with van der Waals surface area (Å²) in [4.78, 5) is 16.4. The lowest BCUT2D eigenvalue weighted by atomic mass is 10.3. The van der Waals surface area contributed by atoms with Gasteiger partial charge in [0.25, 0.3) is 5.22 Å². The summed E-state index contributed by atoms with van der Waals surface area (Å²) >= 11 is 1.24. The van der Waals surface area contributed by atoms with Gasteiger partial charge in [0.1, 0.15) is 11.3 Å². The predicted molar refractivity (Wildman–Crippen MR) is 84.4 cm³/mol. The average Bonchev–Trinajstić information content (AvgIpc) is 2.91. The fourth-order valence-corrected chi connectivity index (χ4v) is 2.64. The normalized spacial score (nSPS) is 12.3. The lowest BCUT2D eigenvalue weighted by Crippen LogP contribution is -2.22. The molecule has 0 saturated carbocycles. The van der Waals surface area contributed by atoms with Crippen LogP contribution in [0.4, 0.5) is 10.1 Å². The van der Waals surface area contributed by atoms with Crippen LogP contribution in [0.2, 0.25) is 0 Å². The molecule has 1 atom stereocenters. The Hall–Kier alpha value is -2.34. The Kier molecular flexibility index (Phi) is 4.11. The minimum atomic E-state index is -0.391. The van der Waals surface area contributed by atoms with Gasteiger partial charge in [-0.05, 0) is 43.3 Å². The molecule has 6 heteroatoms. The highest BCUT2D eigenvalue weighted by molar-refractivity contribution is 8.00. The van der Waals surface area contributed by atoms with Crippen LogP contribution in [0.3, 0.4) is 0 Å². The van der Waals surface area contributed by atoms with Gasteiger partial charge in [-0.2, -0.15) is 0 Å². The van der Waals surface area contributed by atoms with Crippen molar-refractivity contribution < 1.29 is 13.6 Å². The molecule has 3 aromatic rings. The van der Waals surface area contributed by atoms with Crippen molar-refractivity contribution in [1.29, 1.82) is 0 Å². The molecule has 2 aromatic carbocycles. The molecule has 0 saturated heterocycles. The maximum atomic E-state index is 12.8. The van der Waals surface area contributed by atoms with E-state index in [-0.39, 0.29) is 11.7 Å². The van der Waals surface area contributed by atoms with Gasteiger partial charge in [0.05, 0.1) is 5.25 Å². The highest BCUT2D eigenvalue weighted by Gasteiger charge is 2.18. The zero-order valence-corrected chi connectivity index (χ0v) is 12.6. The molecule has 0 spiro atoms. The number of hydrogen-bond acceptors (Lipinski definition) is 4. The van der Waals surface area contributed by atoms with Crippen LogP contribution in [0.15, 0.2) is 58.2 Å². The van der Waals surface area contributed by atoms with Crippen LogP contribution in [0.5, 0.6) is 0 Å². The molecule has 112 valence electrons. The molecule has 22 heavy (non-hydrogen) atoms. The quantitative estimate of drug-likeness (QED) is 0.737. The number of anilines is 1. The van der Waals surface area contributed by atoms with E-state index in [1.165, 1.54) is 36.0 Å². The van der Waals surface area contributed by atoms with E-state index in [1.54, 1.807) is 6.92 Å². The smallest absolute Gasteiger partial charge is 0.257 e. The summed E-state index contributed by atoms with van der Waals surface area (Å²) < 4.78 is 18.4. The lowest BCUT2D eigenvalue weighted by molar-refractivity contribution is -0.115. The number of nitrogens with zero attached hydrogens (tertiary/aromatic N) is 1. The summed E-state index contributed by atoms with van der Waals surface area (Å²) in [5.74, 6) is -0.536. The number of carbonyl (C=O) groups is 1. The van der Waals surface area contributed by atoms with Crippen LogP contribution < -0.4 is 5.32 Å². The van der Waals surface area contributed by atoms with Gasteiger partial charge in [0.15, 0.2) is 5.58 Å². The third-order valence-electron chi connectivity index (χ3n) is 3.03. The molecule has 0 aliphatic heterocycles. The zero-order chi connectivity index (χ0) is 15.5. The van der Waals surface area contributed by atoms with Crippen LogP contribution in [-0.2, 0) is 4.79 Å². The van der Waals surface area contributed by atoms with Gasteiger partial charge in [-0.15, -0.1) is 0 Å². The van der Waals surface area contributed by atoms with Crippen molar-refractivity contribution in [2.75, 3.05) is 5.32 Å². The summed E-state index contributed by atoms with van der Waals surface area (Å²) in [6.45, 7) is 1.76. The molecule has 0 bridgehead atoms. The molecule has 1 aromatic heterocycles. The van der Waals surface area contributed by atoms with Crippen molar-refractivity contribution >= 4 is 34.5 Å². The second-order valence-corrected chi connectivity index (χ2v) is 6.00. The SMILES string of the molecule is CC(Sc1nc2ccccc2o1)C(=O)Nc1ccc(F)cc1. The van der Waals surface area contributed by atoms with Gasteiger partial charge in [-0.1, -0.05) is 23.9 Å². The highest BCUT2D eigenvalue weighted by atomic mass is 32.2. The van der Waals surface area contributed by atoms with Crippen molar-refractivity contribution in [3.8, 4) is 0 Å². The Labute approximate surface area is 130 Å². The van der Waals surface area contributed by atoms with Crippen LogP contribution in [0.1, 0.15) is 6.92 Å². The Morgan fingerprint density at radius 2 is 1.95 bits per heavy atom. The van der Waals surface area contributed by atoms with Crippen LogP contribution in [0, 0.1) is 5.82 Å². The summed E-state index contributed by atoms with van der Waals surface area (Å²) in [5, 5.41) is 2.78. The van der Waals surface area contributed by atoms with Crippen LogP contribution in [0.25, 0.3) is 11.1 Å². The van der Waals surface area contributed by atoms with Crippen molar-refractivity contribution in [1.82, 2.24) is 4.98 Å². The number of hydrogen-bond donors (Lipinski definition) is 1. The fourth-order valence-electron chi connectivity index (χ4n) is 1.88. The van der Waals surface area contributed by atoms with E-state index in [0.717, 1.165) is 5.52 Å². The summed E-state index contributed by atoms with van der Waals surface area (Å²) in [5.41, 5.74) is 2.00. The topological polar surface area (TPSA) is 55.1 Å². The van der Waals surface area contributed by atoms with E-state index in [4.69, 9.17) is 4.42 Å². The maximum absolute atomic E-state index is 12.8. The maximum Gasteiger partial charge on any atom is 0.257 e. The number of aromatic nitrogens is 1. The van der Waals surface area contributed by atoms with E-state index in [1.807, 2.05) is 24.3 Å². The standard InChI is InChI=1S/C16H13FN2O2S/c1-10(15(20)18-12-8-6-11(17)7-9-12)22-16-19-13-4-2-3-5-14(13)21-16/h2-10H,1H3,(H,18,20). The van der Waals surface area contributed by atoms with Gasteiger partial charge >= 0.3 is 0 Å². The molecular weight excluding hydrogens is 303 g/mol. The van der Waals surface area contributed by atoms with Crippen molar-refractivity contribution in [3.63, 3.8) is 0 Å². The largest absolute Gasteiger partial charge is 0.431 e. The monoisotopic (exact) mass is 316 g/mol. The van der Waals surface area contributed by atoms with Gasteiger partial charge in [0, 0.05) is 5.69 Å². The molecule has 0 fully saturated rings. The summed E-state index contributed by atoms with van der Waals surface area (Å²) in [6.07, 6.45) is 0. The Balaban J connectivity index is 1.66. The predicted octanol–water partition coefficient (Wildman–Crippen LogP) is 4.09. The van der Waals surface area contributed by atoms with Crippen molar-refractivity contribution in [2.45, 2.75) is 17.4 Å². The average molecular weight is 316 g/mol. The number of benzene rings is 2. The minimum absolute atomic E-state index is 0.195. The molecule has 0 aliphatic rings. The van der Waals surface area contributed by atoms with E-state index in [0.29, 0.717) is 16.5 Å². The summed E-state index contributed by atoms with van der Waals surface area (Å²) in [7, 11) is 0. The first-order valence-corrected chi connectivity index (χ1v) is 7.58. The number of para-hydroxylation sites is 2. The molecule has 1 unspecified atom stereocenters. The number of halogens is 1. The molecule has 3 rings (SSSR count). The first kappa shape index (κ1) is 14.6. The number of fused-ring (bicyclic) bond motifs is 1. The number of amides is 1. The van der Waals surface area contributed by atoms with Crippen molar-refractivity contribution in [3.05, 3.63) is 54.3 Å². The Bertz CT molecular complexity index is 768. The third kappa shape index (κ3) is 3.28. The minimum Gasteiger partial charge on any atom is -0.431 e. The highest BCUT2D eigenvalue weighted by Crippen LogP contribution is 2.27. The third-order valence-corrected chi connectivity index (χ3v) is 3.98. The fraction of sp³-hybridized carbons (Fsp3) is 0.125. The summed E-state index contributed by atoms with van der Waals surface area (Å²) in [6, 6.07) is 13.1. The number of nitrogens with one attached hydrogen (secondary N) is 1. The van der Waals surface area contributed by atoms with Gasteiger partial charge in [-0.3, -0.25) is 4.79 Å². The van der Waals surface area contributed by atoms with Crippen LogP contribution in [-0.4, -0.2) is 16.1 Å². The molecule has 1 N–H and O–H groups in total. The lowest BCUT2D eigenvalue weighted by Gasteiger charge is -2.09. The molecular formula is C16H13FN2O2S. The number of rotatable bonds is 4. The number of oxazole rings is 1. The Morgan fingerprint density at radius 3 is 2.68 bits per heavy atom. The van der Waals surface area contributed by atoms with E-state index < -0.39 is 5.25 Å². The van der Waals surface area contributed by atoms with E-state index in [9.17, 15) is 9.18 Å². The number of thioether (sulfide) groups is 1. The van der Waals surface area contributed by atoms with E-state index >= 15 is 0 Å². The Morgan fingerprint density at radius 1 is 1.23 bits per heavy atom. The first-order valence-electron chi connectivity index (χ1n) is 6.70. The van der Waals surface area contributed by atoms with Gasteiger partial charge < -0.3 is 9.73 Å². The molecule has 1 amide bonds.